The van der Waals surface area contributed by atoms with Gasteiger partial charge in [0.15, 0.2) is 17.6 Å². The van der Waals surface area contributed by atoms with E-state index in [0.29, 0.717) is 23.9 Å². The molecule has 1 saturated heterocycles. The van der Waals surface area contributed by atoms with Crippen LogP contribution in [0.25, 0.3) is 0 Å². The monoisotopic (exact) mass is 371 g/mol. The van der Waals surface area contributed by atoms with Gasteiger partial charge in [-0.25, -0.2) is 4.39 Å². The van der Waals surface area contributed by atoms with Gasteiger partial charge in [0.05, 0.1) is 24.2 Å². The number of nitrogens with one attached hydrogen (secondary N) is 1. The highest BCUT2D eigenvalue weighted by Crippen LogP contribution is 2.34. The molecule has 3 aliphatic heterocycles. The van der Waals surface area contributed by atoms with Crippen molar-refractivity contribution >= 4 is 12.1 Å². The van der Waals surface area contributed by atoms with Crippen LogP contribution in [-0.2, 0) is 4.74 Å². The van der Waals surface area contributed by atoms with Crippen LogP contribution in [0.3, 0.4) is 0 Å². The second-order valence-corrected chi connectivity index (χ2v) is 7.19. The Bertz CT molecular complexity index is 844. The molecule has 0 aliphatic carbocycles. The molecule has 0 spiro atoms. The van der Waals surface area contributed by atoms with Crippen LogP contribution in [0.15, 0.2) is 47.0 Å². The van der Waals surface area contributed by atoms with Gasteiger partial charge in [0.1, 0.15) is 18.7 Å². The van der Waals surface area contributed by atoms with E-state index in [1.165, 1.54) is 6.07 Å². The molecule has 1 aromatic carbocycles. The average Bonchev–Trinajstić information content (AvgIpc) is 2.91. The van der Waals surface area contributed by atoms with Gasteiger partial charge < -0.3 is 19.7 Å². The lowest BCUT2D eigenvalue weighted by molar-refractivity contribution is -0.115. The number of fused-ring (bicyclic) bond motifs is 2. The molecule has 27 heavy (non-hydrogen) atoms. The van der Waals surface area contributed by atoms with Crippen LogP contribution in [0.5, 0.6) is 5.75 Å². The van der Waals surface area contributed by atoms with Crippen molar-refractivity contribution in [3.63, 3.8) is 0 Å². The standard InChI is InChI=1S/C20H23FN4O2/c1-12(2)27-18-7-13(3-6-16(18)21)20(22)17-8-19(24-11-23-17)25-14-4-5-15(25)10-26-9-14/h3,6-9,11-12,15,17,22H,4-5,10H2,1-2H3,(H,23,24)/p+1. The van der Waals surface area contributed by atoms with Gasteiger partial charge in [-0.15, -0.1) is 0 Å². The molecule has 0 saturated carbocycles. The third-order valence-corrected chi connectivity index (χ3v) is 4.88. The highest BCUT2D eigenvalue weighted by molar-refractivity contribution is 6.02. The number of rotatable bonds is 5. The molecule has 0 aromatic heterocycles. The first-order chi connectivity index (χ1) is 13.0. The summed E-state index contributed by atoms with van der Waals surface area (Å²) in [7, 11) is 0. The lowest BCUT2D eigenvalue weighted by atomic mass is 10.0. The number of hydrogen-bond acceptors (Lipinski definition) is 5. The number of halogens is 1. The molecule has 3 heterocycles. The molecule has 2 bridgehead atoms. The van der Waals surface area contributed by atoms with E-state index in [2.05, 4.69) is 15.2 Å². The van der Waals surface area contributed by atoms with Crippen molar-refractivity contribution < 1.29 is 19.3 Å². The minimum absolute atomic E-state index is 0.121. The highest BCUT2D eigenvalue weighted by Gasteiger charge is 2.35. The predicted octanol–water partition coefficient (Wildman–Crippen LogP) is 1.34. The fraction of sp³-hybridized carbons (Fsp3) is 0.400. The third-order valence-electron chi connectivity index (χ3n) is 4.88. The van der Waals surface area contributed by atoms with Crippen LogP contribution in [-0.4, -0.2) is 41.7 Å². The molecule has 2 atom stereocenters. The molecule has 3 N–H and O–H groups in total. The number of aliphatic imine (C=N–C) groups is 1. The Morgan fingerprint density at radius 3 is 3.07 bits per heavy atom. The maximum absolute atomic E-state index is 14.0. The smallest absolute Gasteiger partial charge is 0.209 e. The van der Waals surface area contributed by atoms with Crippen LogP contribution in [0.1, 0.15) is 32.3 Å². The van der Waals surface area contributed by atoms with E-state index in [1.807, 2.05) is 26.2 Å². The maximum Gasteiger partial charge on any atom is 0.209 e. The fourth-order valence-electron chi connectivity index (χ4n) is 3.62. The number of hydrogen-bond donors (Lipinski definition) is 2. The van der Waals surface area contributed by atoms with Gasteiger partial charge in [-0.05, 0) is 51.0 Å². The van der Waals surface area contributed by atoms with Crippen LogP contribution < -0.4 is 15.5 Å². The Labute approximate surface area is 157 Å². The van der Waals surface area contributed by atoms with Crippen molar-refractivity contribution in [2.45, 2.75) is 44.9 Å². The molecule has 7 heteroatoms. The molecule has 1 aromatic rings. The van der Waals surface area contributed by atoms with E-state index in [4.69, 9.17) is 14.9 Å². The van der Waals surface area contributed by atoms with Crippen LogP contribution in [0, 0.1) is 5.82 Å². The zero-order valence-electron chi connectivity index (χ0n) is 15.5. The SMILES string of the molecule is CC(C)Oc1cc(C(=[NH2+])C2C=C(N3C4=COCC3CC4)NC=N2)ccc1F. The number of nitrogens with zero attached hydrogens (tertiary/aromatic N) is 2. The first-order valence-corrected chi connectivity index (χ1v) is 9.21. The van der Waals surface area contributed by atoms with Crippen molar-refractivity contribution in [2.24, 2.45) is 4.99 Å². The second-order valence-electron chi connectivity index (χ2n) is 7.19. The molecule has 6 nitrogen and oxygen atoms in total. The Morgan fingerprint density at radius 2 is 2.30 bits per heavy atom. The van der Waals surface area contributed by atoms with E-state index < -0.39 is 5.82 Å². The van der Waals surface area contributed by atoms with E-state index in [0.717, 1.165) is 24.4 Å². The number of nitrogens with two attached hydrogens (primary N) is 1. The average molecular weight is 371 g/mol. The molecule has 1 fully saturated rings. The quantitative estimate of drug-likeness (QED) is 0.767. The molecule has 4 rings (SSSR count). The van der Waals surface area contributed by atoms with Gasteiger partial charge >= 0.3 is 0 Å². The Hall–Kier alpha value is -2.83. The summed E-state index contributed by atoms with van der Waals surface area (Å²) >= 11 is 0. The normalized spacial score (nSPS) is 23.5. The van der Waals surface area contributed by atoms with Crippen molar-refractivity contribution in [1.29, 1.82) is 0 Å². The zero-order valence-corrected chi connectivity index (χ0v) is 15.5. The fourth-order valence-corrected chi connectivity index (χ4v) is 3.62. The van der Waals surface area contributed by atoms with Crippen LogP contribution >= 0.6 is 0 Å². The lowest BCUT2D eigenvalue weighted by Crippen LogP contribution is -2.49. The van der Waals surface area contributed by atoms with E-state index in [-0.39, 0.29) is 17.9 Å². The zero-order chi connectivity index (χ0) is 19.0. The van der Waals surface area contributed by atoms with Crippen LogP contribution in [0.2, 0.25) is 0 Å². The van der Waals surface area contributed by atoms with Gasteiger partial charge in [-0.2, -0.15) is 0 Å². The van der Waals surface area contributed by atoms with Gasteiger partial charge in [-0.1, -0.05) is 0 Å². The summed E-state index contributed by atoms with van der Waals surface area (Å²) in [6.45, 7) is 4.39. The molecule has 2 unspecified atom stereocenters. The molecular weight excluding hydrogens is 347 g/mol. The first kappa shape index (κ1) is 17.6. The number of ether oxygens (including phenoxy) is 2. The third kappa shape index (κ3) is 3.41. The van der Waals surface area contributed by atoms with Gasteiger partial charge in [0, 0.05) is 5.56 Å². The van der Waals surface area contributed by atoms with Crippen LogP contribution in [0.4, 0.5) is 4.39 Å². The predicted molar refractivity (Wildman–Crippen MR) is 101 cm³/mol. The summed E-state index contributed by atoms with van der Waals surface area (Å²) in [6.07, 6.45) is 7.44. The lowest BCUT2D eigenvalue weighted by Gasteiger charge is -2.33. The second kappa shape index (κ2) is 7.06. The topological polar surface area (TPSA) is 71.7 Å². The van der Waals surface area contributed by atoms with Gasteiger partial charge in [0.2, 0.25) is 5.71 Å². The van der Waals surface area contributed by atoms with E-state index in [9.17, 15) is 4.39 Å². The van der Waals surface area contributed by atoms with Crippen molar-refractivity contribution in [3.8, 4) is 5.75 Å². The highest BCUT2D eigenvalue weighted by atomic mass is 19.1. The van der Waals surface area contributed by atoms with Crippen molar-refractivity contribution in [1.82, 2.24) is 10.2 Å². The van der Waals surface area contributed by atoms with Gasteiger partial charge in [-0.3, -0.25) is 10.4 Å². The maximum atomic E-state index is 14.0. The largest absolute Gasteiger partial charge is 0.497 e. The van der Waals surface area contributed by atoms with Gasteiger partial charge in [0.25, 0.3) is 0 Å². The van der Waals surface area contributed by atoms with E-state index in [1.54, 1.807) is 18.5 Å². The minimum Gasteiger partial charge on any atom is -0.497 e. The Balaban J connectivity index is 1.58. The summed E-state index contributed by atoms with van der Waals surface area (Å²) in [5.41, 5.74) is 2.41. The molecule has 142 valence electrons. The summed E-state index contributed by atoms with van der Waals surface area (Å²) in [4.78, 5) is 6.70. The first-order valence-electron chi connectivity index (χ1n) is 9.21. The summed E-state index contributed by atoms with van der Waals surface area (Å²) in [5.74, 6) is 0.752. The van der Waals surface area contributed by atoms with E-state index >= 15 is 0 Å². The Morgan fingerprint density at radius 1 is 1.44 bits per heavy atom. The molecule has 3 aliphatic rings. The number of allylic oxidation sites excluding steroid dienone is 1. The molecule has 0 radical (unpaired) electrons. The molecule has 0 amide bonds. The molecular formula is C20H24FN4O2+. The Kier molecular flexibility index (Phi) is 4.59. The minimum atomic E-state index is -0.401. The van der Waals surface area contributed by atoms with Crippen molar-refractivity contribution in [2.75, 3.05) is 6.61 Å². The summed E-state index contributed by atoms with van der Waals surface area (Å²) < 4.78 is 25.0. The summed E-state index contributed by atoms with van der Waals surface area (Å²) in [5, 5.41) is 9.61. The van der Waals surface area contributed by atoms with Crippen molar-refractivity contribution in [3.05, 3.63) is 53.4 Å². The number of benzene rings is 1. The summed E-state index contributed by atoms with van der Waals surface area (Å²) in [6, 6.07) is 4.67.